The van der Waals surface area contributed by atoms with Crippen LogP contribution in [0.5, 0.6) is 5.75 Å². The lowest BCUT2D eigenvalue weighted by molar-refractivity contribution is 0.356. The Balaban J connectivity index is 1.33. The fraction of sp³-hybridized carbons (Fsp3) is 0.526. The quantitative estimate of drug-likeness (QED) is 0.713. The number of ether oxygens (including phenoxy) is 1. The first-order valence-electron chi connectivity index (χ1n) is 9.74. The van der Waals surface area contributed by atoms with Gasteiger partial charge >= 0.3 is 0 Å². The molecular weight excluding hydrogens is 414 g/mol. The lowest BCUT2D eigenvalue weighted by Crippen LogP contribution is -2.31. The zero-order chi connectivity index (χ0) is 20.4. The topological polar surface area (TPSA) is 98.6 Å². The fourth-order valence-electron chi connectivity index (χ4n) is 4.90. The molecule has 1 aliphatic carbocycles. The van der Waals surface area contributed by atoms with E-state index in [4.69, 9.17) is 4.74 Å². The molecule has 1 unspecified atom stereocenters. The SMILES string of the molecule is Cn1ccnc1S(=O)(=O)C1C[C@@H]2CN(S(=O)(=O)c3ccc4c(c3)CCO4)C[C@@H]2C1. The van der Waals surface area contributed by atoms with E-state index in [1.54, 1.807) is 31.4 Å². The van der Waals surface area contributed by atoms with Crippen LogP contribution in [0, 0.1) is 11.8 Å². The van der Waals surface area contributed by atoms with E-state index in [0.717, 1.165) is 17.7 Å². The van der Waals surface area contributed by atoms with Gasteiger partial charge in [-0.05, 0) is 48.4 Å². The van der Waals surface area contributed by atoms with Gasteiger partial charge in [-0.25, -0.2) is 21.8 Å². The molecule has 0 N–H and O–H groups in total. The summed E-state index contributed by atoms with van der Waals surface area (Å²) < 4.78 is 60.6. The van der Waals surface area contributed by atoms with Crippen LogP contribution in [0.1, 0.15) is 18.4 Å². The molecule has 2 aromatic rings. The molecule has 3 aliphatic rings. The fourth-order valence-corrected chi connectivity index (χ4v) is 8.47. The molecule has 3 atom stereocenters. The predicted octanol–water partition coefficient (Wildman–Crippen LogP) is 1.23. The maximum atomic E-state index is 13.1. The van der Waals surface area contributed by atoms with Crippen LogP contribution in [-0.4, -0.2) is 55.6 Å². The van der Waals surface area contributed by atoms with E-state index < -0.39 is 25.1 Å². The standard InChI is InChI=1S/C19H23N3O5S2/c1-21-6-5-20-19(21)28(23,24)17-9-14-11-22(12-15(14)10-17)29(25,26)16-2-3-18-13(8-16)4-7-27-18/h2-3,5-6,8,14-15,17H,4,7,9-12H2,1H3/t14-,15+,17?. The third-order valence-electron chi connectivity index (χ3n) is 6.44. The van der Waals surface area contributed by atoms with Gasteiger partial charge < -0.3 is 9.30 Å². The maximum Gasteiger partial charge on any atom is 0.243 e. The monoisotopic (exact) mass is 437 g/mol. The summed E-state index contributed by atoms with van der Waals surface area (Å²) >= 11 is 0. The van der Waals surface area contributed by atoms with E-state index in [9.17, 15) is 16.8 Å². The number of sulfone groups is 1. The summed E-state index contributed by atoms with van der Waals surface area (Å²) in [6, 6.07) is 5.03. The second-order valence-corrected chi connectivity index (χ2v) is 12.2. The van der Waals surface area contributed by atoms with Crippen LogP contribution in [-0.2, 0) is 33.3 Å². The zero-order valence-electron chi connectivity index (χ0n) is 16.1. The molecule has 0 spiro atoms. The van der Waals surface area contributed by atoms with Crippen LogP contribution >= 0.6 is 0 Å². The molecule has 10 heteroatoms. The first-order chi connectivity index (χ1) is 13.8. The lowest BCUT2D eigenvalue weighted by Gasteiger charge is -2.19. The second kappa shape index (κ2) is 6.55. The van der Waals surface area contributed by atoms with Gasteiger partial charge in [-0.3, -0.25) is 0 Å². The maximum absolute atomic E-state index is 13.1. The molecular formula is C19H23N3O5S2. The minimum Gasteiger partial charge on any atom is -0.493 e. The highest BCUT2D eigenvalue weighted by Crippen LogP contribution is 2.44. The molecule has 2 aliphatic heterocycles. The van der Waals surface area contributed by atoms with E-state index in [0.29, 0.717) is 37.4 Å². The van der Waals surface area contributed by atoms with Crippen LogP contribution in [0.3, 0.4) is 0 Å². The summed E-state index contributed by atoms with van der Waals surface area (Å²) in [6.07, 6.45) is 4.78. The van der Waals surface area contributed by atoms with Crippen LogP contribution in [0.15, 0.2) is 40.6 Å². The summed E-state index contributed by atoms with van der Waals surface area (Å²) in [5.74, 6) is 0.870. The van der Waals surface area contributed by atoms with Gasteiger partial charge in [0.1, 0.15) is 5.75 Å². The van der Waals surface area contributed by atoms with Gasteiger partial charge in [0.2, 0.25) is 25.0 Å². The summed E-state index contributed by atoms with van der Waals surface area (Å²) in [6.45, 7) is 1.32. The molecule has 0 amide bonds. The van der Waals surface area contributed by atoms with Crippen LogP contribution < -0.4 is 4.74 Å². The van der Waals surface area contributed by atoms with Crippen molar-refractivity contribution in [1.29, 1.82) is 0 Å². The Morgan fingerprint density at radius 2 is 1.83 bits per heavy atom. The van der Waals surface area contributed by atoms with Crippen LogP contribution in [0.4, 0.5) is 0 Å². The highest BCUT2D eigenvalue weighted by Gasteiger charge is 2.49. The van der Waals surface area contributed by atoms with E-state index in [1.165, 1.54) is 15.1 Å². The Hall–Kier alpha value is -1.91. The Labute approximate surface area is 170 Å². The van der Waals surface area contributed by atoms with Crippen molar-refractivity contribution < 1.29 is 21.6 Å². The molecule has 1 saturated carbocycles. The normalized spacial score (nSPS) is 27.0. The Morgan fingerprint density at radius 3 is 2.48 bits per heavy atom. The molecule has 3 heterocycles. The lowest BCUT2D eigenvalue weighted by atomic mass is 10.0. The Bertz CT molecular complexity index is 1160. The van der Waals surface area contributed by atoms with Crippen molar-refractivity contribution in [3.8, 4) is 5.75 Å². The second-order valence-electron chi connectivity index (χ2n) is 8.17. The molecule has 1 aromatic carbocycles. The molecule has 0 bridgehead atoms. The number of nitrogens with zero attached hydrogens (tertiary/aromatic N) is 3. The van der Waals surface area contributed by atoms with Gasteiger partial charge in [-0.15, -0.1) is 0 Å². The van der Waals surface area contributed by atoms with E-state index in [-0.39, 0.29) is 17.0 Å². The highest BCUT2D eigenvalue weighted by atomic mass is 32.2. The van der Waals surface area contributed by atoms with Gasteiger partial charge in [-0.1, -0.05) is 0 Å². The number of hydrogen-bond acceptors (Lipinski definition) is 6. The molecule has 5 rings (SSSR count). The number of aryl methyl sites for hydroxylation is 1. The Kier molecular flexibility index (Phi) is 4.31. The van der Waals surface area contributed by atoms with Crippen molar-refractivity contribution in [3.05, 3.63) is 36.2 Å². The summed E-state index contributed by atoms with van der Waals surface area (Å²) in [5, 5.41) is -0.409. The molecule has 1 saturated heterocycles. The van der Waals surface area contributed by atoms with Crippen molar-refractivity contribution in [2.45, 2.75) is 34.6 Å². The molecule has 1 aromatic heterocycles. The van der Waals surface area contributed by atoms with Gasteiger partial charge in [0.05, 0.1) is 16.8 Å². The number of fused-ring (bicyclic) bond motifs is 2. The van der Waals surface area contributed by atoms with Gasteiger partial charge in [0, 0.05) is 39.0 Å². The first kappa shape index (κ1) is 19.1. The van der Waals surface area contributed by atoms with E-state index >= 15 is 0 Å². The molecule has 2 fully saturated rings. The van der Waals surface area contributed by atoms with Crippen molar-refractivity contribution in [2.75, 3.05) is 19.7 Å². The highest BCUT2D eigenvalue weighted by molar-refractivity contribution is 7.91. The van der Waals surface area contributed by atoms with Gasteiger partial charge in [-0.2, -0.15) is 4.31 Å². The van der Waals surface area contributed by atoms with Crippen LogP contribution in [0.2, 0.25) is 0 Å². The zero-order valence-corrected chi connectivity index (χ0v) is 17.7. The first-order valence-corrected chi connectivity index (χ1v) is 12.7. The number of rotatable bonds is 4. The van der Waals surface area contributed by atoms with Gasteiger partial charge in [0.15, 0.2) is 0 Å². The van der Waals surface area contributed by atoms with Crippen LogP contribution in [0.25, 0.3) is 0 Å². The van der Waals surface area contributed by atoms with Crippen molar-refractivity contribution in [2.24, 2.45) is 18.9 Å². The third-order valence-corrected chi connectivity index (χ3v) is 10.4. The van der Waals surface area contributed by atoms with Crippen molar-refractivity contribution in [1.82, 2.24) is 13.9 Å². The van der Waals surface area contributed by atoms with Gasteiger partial charge in [0.25, 0.3) is 0 Å². The van der Waals surface area contributed by atoms with Crippen molar-refractivity contribution in [3.63, 3.8) is 0 Å². The largest absolute Gasteiger partial charge is 0.493 e. The minimum absolute atomic E-state index is 0.0579. The minimum atomic E-state index is -3.59. The van der Waals surface area contributed by atoms with E-state index in [2.05, 4.69) is 4.98 Å². The third kappa shape index (κ3) is 3.00. The van der Waals surface area contributed by atoms with Crippen molar-refractivity contribution >= 4 is 19.9 Å². The average molecular weight is 438 g/mol. The predicted molar refractivity (Wildman–Crippen MR) is 105 cm³/mol. The number of hydrogen-bond donors (Lipinski definition) is 0. The summed E-state index contributed by atoms with van der Waals surface area (Å²) in [4.78, 5) is 4.30. The summed E-state index contributed by atoms with van der Waals surface area (Å²) in [7, 11) is -5.43. The number of sulfonamides is 1. The number of benzene rings is 1. The Morgan fingerprint density at radius 1 is 1.10 bits per heavy atom. The smallest absolute Gasteiger partial charge is 0.243 e. The molecule has 0 radical (unpaired) electrons. The average Bonchev–Trinajstić information content (AvgIpc) is 3.43. The number of aromatic nitrogens is 2. The molecule has 29 heavy (non-hydrogen) atoms. The van der Waals surface area contributed by atoms with E-state index in [1.807, 2.05) is 0 Å². The molecule has 156 valence electrons. The molecule has 8 nitrogen and oxygen atoms in total. The summed E-state index contributed by atoms with van der Waals surface area (Å²) in [5.41, 5.74) is 0.923. The number of imidazole rings is 1.